The maximum Gasteiger partial charge on any atom is 0.362 e. The predicted octanol–water partition coefficient (Wildman–Crippen LogP) is 10.2. The first-order valence-electron chi connectivity index (χ1n) is 20.1. The molecule has 1 heterocycles. The molecule has 0 aromatic heterocycles. The minimum Gasteiger partial charge on any atom is -0.458 e. The molecule has 0 aromatic rings. The molecular formula is C42H74NO3+. The highest BCUT2D eigenvalue weighted by Gasteiger charge is 2.73. The van der Waals surface area contributed by atoms with E-state index in [2.05, 4.69) is 69.5 Å². The number of unbranched alkanes of at least 4 members (excludes halogenated alkanes) is 5. The molecule has 0 spiro atoms. The number of carbonyl (C=O) groups excluding carboxylic acids is 1. The number of hydrogen-bond acceptors (Lipinski definition) is 3. The zero-order valence-electron chi connectivity index (χ0n) is 32.1. The van der Waals surface area contributed by atoms with Crippen molar-refractivity contribution in [2.75, 3.05) is 33.8 Å². The van der Waals surface area contributed by atoms with Crippen LogP contribution in [0.15, 0.2) is 0 Å². The Labute approximate surface area is 284 Å². The van der Waals surface area contributed by atoms with E-state index in [4.69, 9.17) is 9.47 Å². The zero-order chi connectivity index (χ0) is 33.4. The van der Waals surface area contributed by atoms with E-state index < -0.39 is 0 Å². The van der Waals surface area contributed by atoms with Gasteiger partial charge in [0, 0.05) is 5.41 Å². The first-order valence-corrected chi connectivity index (χ1v) is 20.1. The van der Waals surface area contributed by atoms with Gasteiger partial charge in [0.15, 0.2) is 6.54 Å². The van der Waals surface area contributed by atoms with Gasteiger partial charge in [0.05, 0.1) is 33.4 Å². The summed E-state index contributed by atoms with van der Waals surface area (Å²) in [4.78, 5) is 13.5. The second-order valence-electron chi connectivity index (χ2n) is 20.7. The Morgan fingerprint density at radius 3 is 2.20 bits per heavy atom. The van der Waals surface area contributed by atoms with E-state index in [1.54, 1.807) is 0 Å². The molecule has 6 fully saturated rings. The Bertz CT molecular complexity index is 1130. The molecule has 6 aliphatic rings. The Kier molecular flexibility index (Phi) is 9.20. The summed E-state index contributed by atoms with van der Waals surface area (Å²) in [5.41, 5.74) is 1.87. The van der Waals surface area contributed by atoms with Crippen molar-refractivity contribution in [1.29, 1.82) is 0 Å². The van der Waals surface area contributed by atoms with Gasteiger partial charge in [-0.3, -0.25) is 0 Å². The van der Waals surface area contributed by atoms with Crippen LogP contribution in [0.4, 0.5) is 0 Å². The first-order chi connectivity index (χ1) is 21.5. The number of likely N-dealkylation sites (N-methyl/N-ethyl adjacent to an activating group) is 1. The van der Waals surface area contributed by atoms with Crippen LogP contribution in [0.3, 0.4) is 0 Å². The van der Waals surface area contributed by atoms with Crippen molar-refractivity contribution in [2.24, 2.45) is 56.2 Å². The fraction of sp³-hybridized carbons (Fsp3) is 0.976. The van der Waals surface area contributed by atoms with Gasteiger partial charge in [0.2, 0.25) is 0 Å². The maximum atomic E-state index is 13.5. The van der Waals surface area contributed by atoms with Gasteiger partial charge in [-0.1, -0.05) is 81.1 Å². The largest absolute Gasteiger partial charge is 0.458 e. The molecule has 1 aliphatic heterocycles. The van der Waals surface area contributed by atoms with Crippen LogP contribution in [-0.2, 0) is 14.3 Å². The van der Waals surface area contributed by atoms with Gasteiger partial charge in [-0.15, -0.1) is 0 Å². The summed E-state index contributed by atoms with van der Waals surface area (Å²) in [6.45, 7) is 23.0. The molecule has 5 aliphatic carbocycles. The highest BCUT2D eigenvalue weighted by Crippen LogP contribution is 2.78. The smallest absolute Gasteiger partial charge is 0.362 e. The summed E-state index contributed by atoms with van der Waals surface area (Å²) in [6.07, 6.45) is 21.4. The summed E-state index contributed by atoms with van der Waals surface area (Å²) in [6, 6.07) is 0. The fourth-order valence-corrected chi connectivity index (χ4v) is 14.1. The molecular weight excluding hydrogens is 566 g/mol. The quantitative estimate of drug-likeness (QED) is 0.135. The number of quaternary nitrogens is 1. The Morgan fingerprint density at radius 1 is 0.761 bits per heavy atom. The van der Waals surface area contributed by atoms with Crippen LogP contribution in [-0.4, -0.2) is 56.5 Å². The number of fused-ring (bicyclic) bond motifs is 5. The molecule has 10 atom stereocenters. The molecule has 5 saturated carbocycles. The third-order valence-electron chi connectivity index (χ3n) is 17.0. The predicted molar refractivity (Wildman–Crippen MR) is 189 cm³/mol. The fourth-order valence-electron chi connectivity index (χ4n) is 14.1. The van der Waals surface area contributed by atoms with E-state index in [-0.39, 0.29) is 17.5 Å². The first kappa shape index (κ1) is 35.2. The molecule has 2 bridgehead atoms. The zero-order valence-corrected chi connectivity index (χ0v) is 32.1. The van der Waals surface area contributed by atoms with Crippen LogP contribution in [0.2, 0.25) is 0 Å². The highest BCUT2D eigenvalue weighted by atomic mass is 16.5. The molecule has 46 heavy (non-hydrogen) atoms. The Morgan fingerprint density at radius 2 is 1.46 bits per heavy atom. The Balaban J connectivity index is 1.13. The van der Waals surface area contributed by atoms with Crippen LogP contribution in [0.5, 0.6) is 0 Å². The molecule has 0 radical (unpaired) electrons. The molecule has 6 rings (SSSR count). The van der Waals surface area contributed by atoms with E-state index in [0.29, 0.717) is 45.6 Å². The van der Waals surface area contributed by atoms with Crippen molar-refractivity contribution >= 4 is 5.97 Å². The molecule has 4 unspecified atom stereocenters. The topological polar surface area (TPSA) is 35.5 Å². The third kappa shape index (κ3) is 5.47. The minimum absolute atomic E-state index is 0.00906. The average Bonchev–Trinajstić information content (AvgIpc) is 3.30. The molecule has 264 valence electrons. The molecule has 0 N–H and O–H groups in total. The van der Waals surface area contributed by atoms with Gasteiger partial charge in [0.25, 0.3) is 0 Å². The van der Waals surface area contributed by atoms with Gasteiger partial charge >= 0.3 is 5.97 Å². The van der Waals surface area contributed by atoms with E-state index in [1.165, 1.54) is 96.3 Å². The monoisotopic (exact) mass is 641 g/mol. The summed E-state index contributed by atoms with van der Waals surface area (Å²) >= 11 is 0. The number of rotatable bonds is 10. The van der Waals surface area contributed by atoms with Crippen LogP contribution < -0.4 is 0 Å². The molecule has 0 aromatic carbocycles. The van der Waals surface area contributed by atoms with E-state index in [9.17, 15) is 4.79 Å². The van der Waals surface area contributed by atoms with E-state index in [1.807, 2.05) is 0 Å². The molecule has 4 nitrogen and oxygen atoms in total. The van der Waals surface area contributed by atoms with E-state index in [0.717, 1.165) is 41.8 Å². The minimum atomic E-state index is 0.00906. The highest BCUT2D eigenvalue weighted by molar-refractivity contribution is 5.70. The normalized spacial score (nSPS) is 45.6. The van der Waals surface area contributed by atoms with Crippen LogP contribution in [0.1, 0.15) is 158 Å². The van der Waals surface area contributed by atoms with Crippen LogP contribution >= 0.6 is 0 Å². The van der Waals surface area contributed by atoms with Gasteiger partial charge in [-0.2, -0.15) is 0 Å². The second kappa shape index (κ2) is 12.0. The summed E-state index contributed by atoms with van der Waals surface area (Å²) in [5, 5.41) is 0. The number of hydrogen-bond donors (Lipinski definition) is 0. The maximum absolute atomic E-state index is 13.5. The van der Waals surface area contributed by atoms with Crippen LogP contribution in [0.25, 0.3) is 0 Å². The van der Waals surface area contributed by atoms with Gasteiger partial charge in [-0.05, 0) is 128 Å². The lowest BCUT2D eigenvalue weighted by atomic mass is 9.31. The Hall–Kier alpha value is -0.610. The number of esters is 1. The van der Waals surface area contributed by atoms with Crippen molar-refractivity contribution in [1.82, 2.24) is 0 Å². The lowest BCUT2D eigenvalue weighted by Crippen LogP contribution is -2.68. The van der Waals surface area contributed by atoms with Crippen molar-refractivity contribution in [3.63, 3.8) is 0 Å². The van der Waals surface area contributed by atoms with Crippen molar-refractivity contribution in [3.8, 4) is 0 Å². The molecule has 0 amide bonds. The standard InChI is InChI=1S/C42H74NO3/c1-11-12-13-14-15-16-27-43(9,10)28-34(44)46-33-20-21-39(6)31(38(33,4)5)19-22-41(8)32(39)18-17-30-35-36-37(2,3)23-25-42(35,29-45-36)26-24-40(30,41)7/h30-33,35-36H,11-29H2,1-10H3/q+1/t30?,31?,32?,33-,35?,36+,39-,40+,41+,42+/m0/s1. The van der Waals surface area contributed by atoms with Gasteiger partial charge in [0.1, 0.15) is 6.10 Å². The van der Waals surface area contributed by atoms with E-state index >= 15 is 0 Å². The van der Waals surface area contributed by atoms with Crippen molar-refractivity contribution in [3.05, 3.63) is 0 Å². The summed E-state index contributed by atoms with van der Waals surface area (Å²) < 4.78 is 14.0. The summed E-state index contributed by atoms with van der Waals surface area (Å²) in [7, 11) is 4.43. The van der Waals surface area contributed by atoms with Crippen LogP contribution in [0, 0.1) is 56.2 Å². The van der Waals surface area contributed by atoms with Gasteiger partial charge < -0.3 is 14.0 Å². The lowest BCUT2D eigenvalue weighted by molar-refractivity contribution is -0.883. The lowest BCUT2D eigenvalue weighted by Gasteiger charge is -2.73. The van der Waals surface area contributed by atoms with Crippen molar-refractivity contribution in [2.45, 2.75) is 170 Å². The summed E-state index contributed by atoms with van der Waals surface area (Å²) in [5.74, 6) is 2.95. The third-order valence-corrected chi connectivity index (χ3v) is 17.0. The molecule has 4 heteroatoms. The molecule has 1 saturated heterocycles. The number of carbonyl (C=O) groups is 1. The van der Waals surface area contributed by atoms with Gasteiger partial charge in [-0.25, -0.2) is 4.79 Å². The van der Waals surface area contributed by atoms with Crippen molar-refractivity contribution < 1.29 is 18.8 Å². The number of nitrogens with zero attached hydrogens (tertiary/aromatic N) is 1. The second-order valence-corrected chi connectivity index (χ2v) is 20.7. The SMILES string of the molecule is CCCCCCCC[N+](C)(C)CC(=O)O[C@H]1CC[C@@]2(C)C(CC[C@]3(C)C2CCC2C4[C@H]5OC[C@@]4(CCC5(C)C)CC[C@]23C)C1(C)C. The average molecular weight is 641 g/mol. The number of ether oxygens (including phenoxy) is 2.